The minimum absolute atomic E-state index is 0.0135. The van der Waals surface area contributed by atoms with Crippen molar-refractivity contribution in [2.75, 3.05) is 11.5 Å². The summed E-state index contributed by atoms with van der Waals surface area (Å²) in [5.74, 6) is -0.419. The van der Waals surface area contributed by atoms with Gasteiger partial charge in [0.05, 0.1) is 5.71 Å². The van der Waals surface area contributed by atoms with Gasteiger partial charge in [0.25, 0.3) is 5.91 Å². The molecule has 0 unspecified atom stereocenters. The molecule has 2 aromatic carbocycles. The maximum absolute atomic E-state index is 12.9. The summed E-state index contributed by atoms with van der Waals surface area (Å²) >= 11 is 0. The molecule has 0 aliphatic rings. The first-order valence-corrected chi connectivity index (χ1v) is 8.84. The number of hydrazone groups is 1. The van der Waals surface area contributed by atoms with Crippen molar-refractivity contribution in [2.45, 2.75) is 6.92 Å². The van der Waals surface area contributed by atoms with Crippen molar-refractivity contribution in [3.05, 3.63) is 65.9 Å². The summed E-state index contributed by atoms with van der Waals surface area (Å²) in [7, 11) is 0. The molecule has 4 aromatic rings. The predicted octanol–water partition coefficient (Wildman–Crippen LogP) is 1.64. The SMILES string of the molecule is C/C(=N/NC(=O)c1nnn(-c2nonc2N)c1-c1ccccc1)c1cccc(N)c1. The van der Waals surface area contributed by atoms with Gasteiger partial charge in [0, 0.05) is 11.3 Å². The van der Waals surface area contributed by atoms with Gasteiger partial charge in [-0.25, -0.2) is 10.1 Å². The van der Waals surface area contributed by atoms with E-state index in [2.05, 4.69) is 35.8 Å². The maximum Gasteiger partial charge on any atom is 0.294 e. The topological polar surface area (TPSA) is 163 Å². The lowest BCUT2D eigenvalue weighted by atomic mass is 10.1. The molecule has 2 aromatic heterocycles. The van der Waals surface area contributed by atoms with Gasteiger partial charge in [-0.05, 0) is 34.9 Å². The third-order valence-electron chi connectivity index (χ3n) is 4.26. The van der Waals surface area contributed by atoms with Gasteiger partial charge in [0.1, 0.15) is 5.69 Å². The third-order valence-corrected chi connectivity index (χ3v) is 4.26. The second kappa shape index (κ2) is 7.83. The van der Waals surface area contributed by atoms with Crippen molar-refractivity contribution in [1.29, 1.82) is 0 Å². The van der Waals surface area contributed by atoms with E-state index in [1.54, 1.807) is 37.3 Å². The smallest absolute Gasteiger partial charge is 0.294 e. The molecule has 0 fully saturated rings. The van der Waals surface area contributed by atoms with Crippen molar-refractivity contribution in [1.82, 2.24) is 30.7 Å². The lowest BCUT2D eigenvalue weighted by Crippen LogP contribution is -2.21. The molecule has 5 N–H and O–H groups in total. The molecule has 0 aliphatic heterocycles. The average molecular weight is 403 g/mol. The number of nitrogens with zero attached hydrogens (tertiary/aromatic N) is 6. The number of nitrogens with one attached hydrogen (secondary N) is 1. The number of nitrogens with two attached hydrogens (primary N) is 2. The number of hydrogen-bond acceptors (Lipinski definition) is 9. The Morgan fingerprint density at radius 3 is 2.60 bits per heavy atom. The zero-order valence-electron chi connectivity index (χ0n) is 15.9. The van der Waals surface area contributed by atoms with Crippen LogP contribution in [0.25, 0.3) is 17.1 Å². The summed E-state index contributed by atoms with van der Waals surface area (Å²) in [6, 6.07) is 16.3. The molecular weight excluding hydrogens is 386 g/mol. The summed E-state index contributed by atoms with van der Waals surface area (Å²) in [5, 5.41) is 19.5. The normalized spacial score (nSPS) is 11.4. The number of amides is 1. The van der Waals surface area contributed by atoms with Gasteiger partial charge in [-0.15, -0.1) is 5.10 Å². The standard InChI is InChI=1S/C19H17N9O2/c1-11(13-8-5-9-14(20)10-13)22-24-19(29)15-16(12-6-3-2-4-7-12)28(27-23-15)18-17(21)25-30-26-18/h2-10H,20H2,1H3,(H2,21,25)(H,24,29)/b22-11-. The Kier molecular flexibility index (Phi) is 4.91. The molecule has 4 rings (SSSR count). The number of rotatable bonds is 5. The van der Waals surface area contributed by atoms with Crippen LogP contribution in [0.15, 0.2) is 64.3 Å². The fourth-order valence-corrected chi connectivity index (χ4v) is 2.79. The molecule has 11 nitrogen and oxygen atoms in total. The molecule has 0 saturated carbocycles. The van der Waals surface area contributed by atoms with Crippen LogP contribution in [0.1, 0.15) is 23.0 Å². The van der Waals surface area contributed by atoms with Crippen LogP contribution in [-0.4, -0.2) is 36.9 Å². The Hall–Kier alpha value is -4.54. The van der Waals surface area contributed by atoms with Gasteiger partial charge in [-0.1, -0.05) is 47.7 Å². The second-order valence-electron chi connectivity index (χ2n) is 6.30. The minimum atomic E-state index is -0.557. The first-order valence-electron chi connectivity index (χ1n) is 8.84. The molecule has 150 valence electrons. The highest BCUT2D eigenvalue weighted by Crippen LogP contribution is 2.26. The highest BCUT2D eigenvalue weighted by atomic mass is 16.6. The van der Waals surface area contributed by atoms with E-state index in [9.17, 15) is 4.79 Å². The zero-order chi connectivity index (χ0) is 21.1. The summed E-state index contributed by atoms with van der Waals surface area (Å²) < 4.78 is 5.95. The summed E-state index contributed by atoms with van der Waals surface area (Å²) in [6.45, 7) is 1.76. The molecular formula is C19H17N9O2. The molecule has 0 spiro atoms. The quantitative estimate of drug-likeness (QED) is 0.257. The van der Waals surface area contributed by atoms with E-state index in [-0.39, 0.29) is 17.3 Å². The Bertz CT molecular complexity index is 1230. The Balaban J connectivity index is 1.70. The highest BCUT2D eigenvalue weighted by molar-refractivity contribution is 6.02. The Labute approximate surface area is 170 Å². The van der Waals surface area contributed by atoms with Crippen LogP contribution in [0.3, 0.4) is 0 Å². The van der Waals surface area contributed by atoms with Gasteiger partial charge in [0.15, 0.2) is 5.69 Å². The number of nitrogen functional groups attached to an aromatic ring is 2. The molecule has 0 radical (unpaired) electrons. The van der Waals surface area contributed by atoms with E-state index in [1.807, 2.05) is 24.3 Å². The van der Waals surface area contributed by atoms with E-state index in [4.69, 9.17) is 11.5 Å². The van der Waals surface area contributed by atoms with Crippen LogP contribution in [0.2, 0.25) is 0 Å². The number of anilines is 2. The molecule has 0 bridgehead atoms. The molecule has 11 heteroatoms. The lowest BCUT2D eigenvalue weighted by molar-refractivity contribution is 0.0950. The maximum atomic E-state index is 12.9. The summed E-state index contributed by atoms with van der Waals surface area (Å²) in [5.41, 5.74) is 17.1. The van der Waals surface area contributed by atoms with Crippen molar-refractivity contribution in [3.8, 4) is 17.1 Å². The van der Waals surface area contributed by atoms with E-state index in [1.165, 1.54) is 4.68 Å². The van der Waals surface area contributed by atoms with Crippen LogP contribution >= 0.6 is 0 Å². The van der Waals surface area contributed by atoms with Gasteiger partial charge in [0.2, 0.25) is 11.6 Å². The number of aromatic nitrogens is 5. The molecule has 30 heavy (non-hydrogen) atoms. The van der Waals surface area contributed by atoms with Crippen LogP contribution in [-0.2, 0) is 0 Å². The van der Waals surface area contributed by atoms with E-state index in [0.717, 1.165) is 5.56 Å². The van der Waals surface area contributed by atoms with E-state index < -0.39 is 5.91 Å². The van der Waals surface area contributed by atoms with E-state index >= 15 is 0 Å². The fourth-order valence-electron chi connectivity index (χ4n) is 2.79. The fraction of sp³-hybridized carbons (Fsp3) is 0.0526. The third kappa shape index (κ3) is 3.58. The molecule has 2 heterocycles. The first-order chi connectivity index (χ1) is 14.5. The Morgan fingerprint density at radius 2 is 1.90 bits per heavy atom. The molecule has 1 amide bonds. The highest BCUT2D eigenvalue weighted by Gasteiger charge is 2.25. The van der Waals surface area contributed by atoms with E-state index in [0.29, 0.717) is 22.7 Å². The Morgan fingerprint density at radius 1 is 1.10 bits per heavy atom. The monoisotopic (exact) mass is 403 g/mol. The van der Waals surface area contributed by atoms with Crippen LogP contribution in [0.4, 0.5) is 11.5 Å². The molecule has 0 saturated heterocycles. The van der Waals surface area contributed by atoms with Crippen molar-refractivity contribution >= 4 is 23.1 Å². The van der Waals surface area contributed by atoms with Crippen molar-refractivity contribution in [2.24, 2.45) is 5.10 Å². The number of carbonyl (C=O) groups is 1. The molecule has 0 aliphatic carbocycles. The van der Waals surface area contributed by atoms with Crippen LogP contribution < -0.4 is 16.9 Å². The summed E-state index contributed by atoms with van der Waals surface area (Å²) in [4.78, 5) is 12.9. The van der Waals surface area contributed by atoms with Gasteiger partial charge < -0.3 is 11.5 Å². The first kappa shape index (κ1) is 18.8. The number of hydrogen-bond donors (Lipinski definition) is 3. The van der Waals surface area contributed by atoms with Gasteiger partial charge in [-0.3, -0.25) is 4.79 Å². The number of benzene rings is 2. The van der Waals surface area contributed by atoms with Gasteiger partial charge in [-0.2, -0.15) is 9.78 Å². The van der Waals surface area contributed by atoms with Crippen molar-refractivity contribution in [3.63, 3.8) is 0 Å². The number of carbonyl (C=O) groups excluding carboxylic acids is 1. The minimum Gasteiger partial charge on any atom is -0.399 e. The predicted molar refractivity (Wildman–Crippen MR) is 110 cm³/mol. The second-order valence-corrected chi connectivity index (χ2v) is 6.30. The van der Waals surface area contributed by atoms with Crippen molar-refractivity contribution < 1.29 is 9.42 Å². The van der Waals surface area contributed by atoms with Crippen LogP contribution in [0, 0.1) is 0 Å². The van der Waals surface area contributed by atoms with Gasteiger partial charge >= 0.3 is 0 Å². The largest absolute Gasteiger partial charge is 0.399 e. The lowest BCUT2D eigenvalue weighted by Gasteiger charge is -2.06. The molecule has 0 atom stereocenters. The zero-order valence-corrected chi connectivity index (χ0v) is 15.9. The van der Waals surface area contributed by atoms with Crippen LogP contribution in [0.5, 0.6) is 0 Å². The summed E-state index contributed by atoms with van der Waals surface area (Å²) in [6.07, 6.45) is 0. The average Bonchev–Trinajstić information content (AvgIpc) is 3.38.